The SMILES string of the molecule is O=C(O)CCNCCC(=O)c1ccc(NC(=O)c2csc(NC(=O)NCc3ccccc3)n2)cc1. The Labute approximate surface area is 205 Å². The zero-order valence-electron chi connectivity index (χ0n) is 18.7. The monoisotopic (exact) mass is 495 g/mol. The highest BCUT2D eigenvalue weighted by Gasteiger charge is 2.13. The molecule has 0 aliphatic heterocycles. The van der Waals surface area contributed by atoms with E-state index in [0.29, 0.717) is 36.0 Å². The first-order chi connectivity index (χ1) is 16.9. The molecule has 0 atom stereocenters. The van der Waals surface area contributed by atoms with Crippen molar-refractivity contribution in [2.24, 2.45) is 0 Å². The average molecular weight is 496 g/mol. The summed E-state index contributed by atoms with van der Waals surface area (Å²) in [5.41, 5.74) is 2.10. The molecule has 0 radical (unpaired) electrons. The van der Waals surface area contributed by atoms with Crippen LogP contribution in [0.15, 0.2) is 60.0 Å². The zero-order chi connectivity index (χ0) is 25.0. The second-order valence-electron chi connectivity index (χ2n) is 7.43. The number of thiazole rings is 1. The van der Waals surface area contributed by atoms with Gasteiger partial charge in [-0.25, -0.2) is 9.78 Å². The van der Waals surface area contributed by atoms with E-state index in [0.717, 1.165) is 16.9 Å². The number of carbonyl (C=O) groups is 4. The van der Waals surface area contributed by atoms with Gasteiger partial charge in [0.25, 0.3) is 5.91 Å². The van der Waals surface area contributed by atoms with E-state index in [-0.39, 0.29) is 24.3 Å². The summed E-state index contributed by atoms with van der Waals surface area (Å²) in [5, 5.41) is 21.4. The highest BCUT2D eigenvalue weighted by Crippen LogP contribution is 2.17. The van der Waals surface area contributed by atoms with Gasteiger partial charge in [-0.3, -0.25) is 19.7 Å². The summed E-state index contributed by atoms with van der Waals surface area (Å²) in [6.45, 7) is 1.06. The standard InChI is InChI=1S/C24H25N5O5S/c30-20(10-12-25-13-11-21(31)32)17-6-8-18(9-7-17)27-22(33)19-15-35-24(28-19)29-23(34)26-14-16-4-2-1-3-5-16/h1-9,15,25H,10-14H2,(H,27,33)(H,31,32)(H2,26,28,29,34). The number of rotatable bonds is 12. The molecule has 0 fully saturated rings. The molecule has 0 bridgehead atoms. The lowest BCUT2D eigenvalue weighted by atomic mass is 10.1. The van der Waals surface area contributed by atoms with Crippen molar-refractivity contribution in [3.05, 3.63) is 76.8 Å². The molecule has 3 rings (SSSR count). The Balaban J connectivity index is 1.43. The molecule has 2 aromatic carbocycles. The van der Waals surface area contributed by atoms with Crippen LogP contribution in [0.5, 0.6) is 0 Å². The fraction of sp³-hybridized carbons (Fsp3) is 0.208. The quantitative estimate of drug-likeness (QED) is 0.191. The van der Waals surface area contributed by atoms with E-state index in [1.54, 1.807) is 24.3 Å². The summed E-state index contributed by atoms with van der Waals surface area (Å²) in [5.74, 6) is -1.43. The Morgan fingerprint density at radius 3 is 2.31 bits per heavy atom. The molecule has 10 nitrogen and oxygen atoms in total. The minimum atomic E-state index is -0.893. The number of aromatic nitrogens is 1. The van der Waals surface area contributed by atoms with Gasteiger partial charge in [0.15, 0.2) is 10.9 Å². The Bertz CT molecular complexity index is 1160. The van der Waals surface area contributed by atoms with Crippen molar-refractivity contribution in [3.63, 3.8) is 0 Å². The molecule has 0 spiro atoms. The molecule has 0 aliphatic rings. The number of ketones is 1. The molecule has 182 valence electrons. The molecule has 0 saturated carbocycles. The van der Waals surface area contributed by atoms with E-state index in [2.05, 4.69) is 26.3 Å². The Morgan fingerprint density at radius 2 is 1.60 bits per heavy atom. The van der Waals surface area contributed by atoms with Crippen molar-refractivity contribution < 1.29 is 24.3 Å². The first-order valence-corrected chi connectivity index (χ1v) is 11.7. The summed E-state index contributed by atoms with van der Waals surface area (Å²) in [7, 11) is 0. The van der Waals surface area contributed by atoms with Gasteiger partial charge in [0.1, 0.15) is 5.69 Å². The van der Waals surface area contributed by atoms with Gasteiger partial charge < -0.3 is 21.1 Å². The van der Waals surface area contributed by atoms with Crippen LogP contribution in [0.1, 0.15) is 39.3 Å². The van der Waals surface area contributed by atoms with Crippen LogP contribution in [0.3, 0.4) is 0 Å². The van der Waals surface area contributed by atoms with E-state index >= 15 is 0 Å². The maximum Gasteiger partial charge on any atom is 0.321 e. The predicted molar refractivity (Wildman–Crippen MR) is 133 cm³/mol. The van der Waals surface area contributed by atoms with Crippen LogP contribution in [-0.2, 0) is 11.3 Å². The molecule has 11 heteroatoms. The second-order valence-corrected chi connectivity index (χ2v) is 8.29. The molecule has 0 aliphatic carbocycles. The Morgan fingerprint density at radius 1 is 0.886 bits per heavy atom. The molecule has 0 unspecified atom stereocenters. The summed E-state index contributed by atoms with van der Waals surface area (Å²) < 4.78 is 0. The molecule has 0 saturated heterocycles. The van der Waals surface area contributed by atoms with Crippen LogP contribution in [-0.4, -0.2) is 46.9 Å². The summed E-state index contributed by atoms with van der Waals surface area (Å²) in [6, 6.07) is 15.5. The molecular weight excluding hydrogens is 470 g/mol. The fourth-order valence-corrected chi connectivity index (χ4v) is 3.64. The van der Waals surface area contributed by atoms with Gasteiger partial charge >= 0.3 is 12.0 Å². The number of nitrogens with one attached hydrogen (secondary N) is 4. The number of carboxylic acids is 1. The van der Waals surface area contributed by atoms with Gasteiger partial charge in [0.2, 0.25) is 0 Å². The first-order valence-electron chi connectivity index (χ1n) is 10.8. The lowest BCUT2D eigenvalue weighted by Crippen LogP contribution is -2.28. The number of nitrogens with zero attached hydrogens (tertiary/aromatic N) is 1. The van der Waals surface area contributed by atoms with E-state index in [1.807, 2.05) is 30.3 Å². The lowest BCUT2D eigenvalue weighted by molar-refractivity contribution is -0.136. The van der Waals surface area contributed by atoms with Crippen molar-refractivity contribution >= 4 is 45.8 Å². The largest absolute Gasteiger partial charge is 0.481 e. The van der Waals surface area contributed by atoms with E-state index in [1.165, 1.54) is 5.38 Å². The van der Waals surface area contributed by atoms with Crippen molar-refractivity contribution in [1.29, 1.82) is 0 Å². The van der Waals surface area contributed by atoms with Gasteiger partial charge in [-0.2, -0.15) is 0 Å². The lowest BCUT2D eigenvalue weighted by Gasteiger charge is -2.06. The third-order valence-corrected chi connectivity index (χ3v) is 5.52. The first kappa shape index (κ1) is 25.5. The van der Waals surface area contributed by atoms with Gasteiger partial charge in [-0.1, -0.05) is 30.3 Å². The molecule has 35 heavy (non-hydrogen) atoms. The van der Waals surface area contributed by atoms with Crippen LogP contribution in [0.2, 0.25) is 0 Å². The van der Waals surface area contributed by atoms with Gasteiger partial charge in [0, 0.05) is 42.7 Å². The van der Waals surface area contributed by atoms with Crippen LogP contribution in [0.4, 0.5) is 15.6 Å². The maximum absolute atomic E-state index is 12.5. The number of amides is 3. The Kier molecular flexibility index (Phi) is 9.46. The minimum absolute atomic E-state index is 0.000579. The van der Waals surface area contributed by atoms with Crippen LogP contribution >= 0.6 is 11.3 Å². The number of carboxylic acid groups (broad SMARTS) is 1. The van der Waals surface area contributed by atoms with Gasteiger partial charge in [0.05, 0.1) is 6.42 Å². The van der Waals surface area contributed by atoms with Crippen LogP contribution < -0.4 is 21.3 Å². The highest BCUT2D eigenvalue weighted by molar-refractivity contribution is 7.14. The fourth-order valence-electron chi connectivity index (χ4n) is 2.96. The van der Waals surface area contributed by atoms with Gasteiger partial charge in [-0.05, 0) is 29.8 Å². The van der Waals surface area contributed by atoms with Gasteiger partial charge in [-0.15, -0.1) is 11.3 Å². The normalized spacial score (nSPS) is 10.4. The number of carbonyl (C=O) groups excluding carboxylic acids is 3. The highest BCUT2D eigenvalue weighted by atomic mass is 32.1. The number of Topliss-reactive ketones (excluding diaryl/α,β-unsaturated/α-hetero) is 1. The predicted octanol–water partition coefficient (Wildman–Crippen LogP) is 3.35. The third-order valence-electron chi connectivity index (χ3n) is 4.76. The topological polar surface area (TPSA) is 150 Å². The van der Waals surface area contributed by atoms with Crippen LogP contribution in [0.25, 0.3) is 0 Å². The third kappa shape index (κ3) is 8.65. The number of hydrogen-bond acceptors (Lipinski definition) is 7. The van der Waals surface area contributed by atoms with E-state index < -0.39 is 17.9 Å². The summed E-state index contributed by atoms with van der Waals surface area (Å²) in [4.78, 5) is 51.4. The molecule has 1 heterocycles. The van der Waals surface area contributed by atoms with Crippen molar-refractivity contribution in [2.75, 3.05) is 23.7 Å². The molecular formula is C24H25N5O5S. The molecule has 5 N–H and O–H groups in total. The average Bonchev–Trinajstić information content (AvgIpc) is 3.32. The van der Waals surface area contributed by atoms with E-state index in [4.69, 9.17) is 5.11 Å². The van der Waals surface area contributed by atoms with E-state index in [9.17, 15) is 19.2 Å². The smallest absolute Gasteiger partial charge is 0.321 e. The number of anilines is 2. The molecule has 3 amide bonds. The molecule has 3 aromatic rings. The van der Waals surface area contributed by atoms with Crippen molar-refractivity contribution in [3.8, 4) is 0 Å². The Hall–Kier alpha value is -4.09. The second kappa shape index (κ2) is 13.0. The number of urea groups is 1. The van der Waals surface area contributed by atoms with Crippen molar-refractivity contribution in [2.45, 2.75) is 19.4 Å². The number of aliphatic carboxylic acids is 1. The minimum Gasteiger partial charge on any atom is -0.481 e. The van der Waals surface area contributed by atoms with Crippen molar-refractivity contribution in [1.82, 2.24) is 15.6 Å². The maximum atomic E-state index is 12.5. The summed E-state index contributed by atoms with van der Waals surface area (Å²) in [6.07, 6.45) is 0.236. The molecule has 1 aromatic heterocycles. The van der Waals surface area contributed by atoms with Crippen LogP contribution in [0, 0.1) is 0 Å². The summed E-state index contributed by atoms with van der Waals surface area (Å²) >= 11 is 1.13. The number of hydrogen-bond donors (Lipinski definition) is 5. The zero-order valence-corrected chi connectivity index (χ0v) is 19.6. The number of benzene rings is 2.